The summed E-state index contributed by atoms with van der Waals surface area (Å²) in [6, 6.07) is 5.27. The van der Waals surface area contributed by atoms with E-state index in [0.29, 0.717) is 17.1 Å². The second-order valence-corrected chi connectivity index (χ2v) is 4.85. The van der Waals surface area contributed by atoms with Crippen LogP contribution in [0.25, 0.3) is 0 Å². The molecular formula is C13H16ClN5O. The molecule has 2 aromatic rings. The Hall–Kier alpha value is -2.21. The number of halogens is 1. The van der Waals surface area contributed by atoms with Gasteiger partial charge in [0, 0.05) is 30.4 Å². The van der Waals surface area contributed by atoms with E-state index in [1.54, 1.807) is 16.8 Å². The number of hydrogen-bond acceptors (Lipinski definition) is 4. The zero-order valence-electron chi connectivity index (χ0n) is 11.3. The van der Waals surface area contributed by atoms with Crippen molar-refractivity contribution in [2.24, 2.45) is 17.9 Å². The van der Waals surface area contributed by atoms with Gasteiger partial charge in [0.25, 0.3) is 0 Å². The Morgan fingerprint density at radius 1 is 1.55 bits per heavy atom. The maximum atomic E-state index is 8.63. The number of amidine groups is 1. The fourth-order valence-corrected chi connectivity index (χ4v) is 2.12. The van der Waals surface area contributed by atoms with Gasteiger partial charge in [0.15, 0.2) is 5.84 Å². The van der Waals surface area contributed by atoms with Crippen LogP contribution in [0.1, 0.15) is 16.8 Å². The normalized spacial score (nSPS) is 11.7. The smallest absolute Gasteiger partial charge is 0.170 e. The van der Waals surface area contributed by atoms with Crippen molar-refractivity contribution in [1.29, 1.82) is 0 Å². The van der Waals surface area contributed by atoms with E-state index in [0.717, 1.165) is 16.9 Å². The predicted molar refractivity (Wildman–Crippen MR) is 79.2 cm³/mol. The topological polar surface area (TPSA) is 88.5 Å². The number of rotatable bonds is 4. The van der Waals surface area contributed by atoms with E-state index in [2.05, 4.69) is 15.6 Å². The molecule has 1 aromatic heterocycles. The van der Waals surface area contributed by atoms with E-state index in [-0.39, 0.29) is 5.84 Å². The Labute approximate surface area is 121 Å². The van der Waals surface area contributed by atoms with Crippen molar-refractivity contribution in [2.75, 3.05) is 5.32 Å². The summed E-state index contributed by atoms with van der Waals surface area (Å²) < 4.78 is 1.75. The van der Waals surface area contributed by atoms with Crippen LogP contribution in [0.5, 0.6) is 0 Å². The minimum Gasteiger partial charge on any atom is -0.409 e. The van der Waals surface area contributed by atoms with Crippen LogP contribution in [0.3, 0.4) is 0 Å². The first kappa shape index (κ1) is 14.2. The molecular weight excluding hydrogens is 278 g/mol. The molecule has 0 aliphatic carbocycles. The molecule has 7 heteroatoms. The molecule has 0 saturated heterocycles. The summed E-state index contributed by atoms with van der Waals surface area (Å²) in [5, 5.41) is 19.7. The Kier molecular flexibility index (Phi) is 4.14. The molecule has 1 heterocycles. The summed E-state index contributed by atoms with van der Waals surface area (Å²) in [5.41, 5.74) is 8.91. The molecule has 20 heavy (non-hydrogen) atoms. The van der Waals surface area contributed by atoms with Gasteiger partial charge in [-0.15, -0.1) is 0 Å². The number of nitrogens with zero attached hydrogens (tertiary/aromatic N) is 3. The number of nitrogens with one attached hydrogen (secondary N) is 1. The van der Waals surface area contributed by atoms with Gasteiger partial charge in [-0.25, -0.2) is 0 Å². The number of hydrogen-bond donors (Lipinski definition) is 3. The summed E-state index contributed by atoms with van der Waals surface area (Å²) in [5.74, 6) is 0.0366. The summed E-state index contributed by atoms with van der Waals surface area (Å²) >= 11 is 6.19. The van der Waals surface area contributed by atoms with E-state index in [1.165, 1.54) is 0 Å². The minimum atomic E-state index is 0.0366. The summed E-state index contributed by atoms with van der Waals surface area (Å²) in [6.07, 6.45) is 1.91. The summed E-state index contributed by atoms with van der Waals surface area (Å²) in [7, 11) is 1.87. The van der Waals surface area contributed by atoms with Crippen molar-refractivity contribution in [3.8, 4) is 0 Å². The van der Waals surface area contributed by atoms with Crippen molar-refractivity contribution in [1.82, 2.24) is 9.78 Å². The van der Waals surface area contributed by atoms with Crippen LogP contribution in [-0.2, 0) is 13.6 Å². The third kappa shape index (κ3) is 3.03. The van der Waals surface area contributed by atoms with Crippen LogP contribution in [-0.4, -0.2) is 20.8 Å². The highest BCUT2D eigenvalue weighted by atomic mass is 35.5. The zero-order valence-corrected chi connectivity index (χ0v) is 12.0. The molecule has 2 rings (SSSR count). The molecule has 0 aliphatic heterocycles. The monoisotopic (exact) mass is 293 g/mol. The number of oxime groups is 1. The van der Waals surface area contributed by atoms with Crippen molar-refractivity contribution >= 4 is 23.1 Å². The summed E-state index contributed by atoms with van der Waals surface area (Å²) in [6.45, 7) is 2.51. The van der Waals surface area contributed by atoms with E-state index >= 15 is 0 Å². The van der Waals surface area contributed by atoms with Gasteiger partial charge in [-0.3, -0.25) is 4.68 Å². The largest absolute Gasteiger partial charge is 0.409 e. The van der Waals surface area contributed by atoms with E-state index < -0.39 is 0 Å². The standard InChI is InChI=1S/C13H16ClN5O/c1-8-12(7-19(2)17-8)16-6-10-4-3-9(5-11(10)14)13(15)18-20/h3-5,7,16,20H,6H2,1-2H3,(H2,15,18). The lowest BCUT2D eigenvalue weighted by Gasteiger charge is -2.08. The molecule has 0 amide bonds. The SMILES string of the molecule is Cc1nn(C)cc1NCc1ccc(/C(N)=N/O)cc1Cl. The fraction of sp³-hybridized carbons (Fsp3) is 0.231. The number of benzene rings is 1. The third-order valence-corrected chi connectivity index (χ3v) is 3.29. The first-order valence-electron chi connectivity index (χ1n) is 6.01. The van der Waals surface area contributed by atoms with E-state index in [9.17, 15) is 0 Å². The predicted octanol–water partition coefficient (Wildman–Crippen LogP) is 2.09. The van der Waals surface area contributed by atoms with Gasteiger partial charge in [-0.05, 0) is 18.6 Å². The lowest BCUT2D eigenvalue weighted by molar-refractivity contribution is 0.318. The Morgan fingerprint density at radius 3 is 2.85 bits per heavy atom. The van der Waals surface area contributed by atoms with Crippen LogP contribution in [0.2, 0.25) is 5.02 Å². The van der Waals surface area contributed by atoms with Crippen LogP contribution in [0.15, 0.2) is 29.6 Å². The van der Waals surface area contributed by atoms with E-state index in [1.807, 2.05) is 26.2 Å². The highest BCUT2D eigenvalue weighted by Crippen LogP contribution is 2.20. The quantitative estimate of drug-likeness (QED) is 0.348. The third-order valence-electron chi connectivity index (χ3n) is 2.94. The number of aryl methyl sites for hydroxylation is 2. The van der Waals surface area contributed by atoms with Crippen molar-refractivity contribution in [2.45, 2.75) is 13.5 Å². The maximum Gasteiger partial charge on any atom is 0.170 e. The molecule has 4 N–H and O–H groups in total. The second kappa shape index (κ2) is 5.83. The number of anilines is 1. The van der Waals surface area contributed by atoms with Crippen LogP contribution >= 0.6 is 11.6 Å². The second-order valence-electron chi connectivity index (χ2n) is 4.45. The molecule has 0 spiro atoms. The maximum absolute atomic E-state index is 8.63. The molecule has 0 radical (unpaired) electrons. The van der Waals surface area contributed by atoms with Gasteiger partial charge >= 0.3 is 0 Å². The average Bonchev–Trinajstić information content (AvgIpc) is 2.74. The zero-order chi connectivity index (χ0) is 14.7. The van der Waals surface area contributed by atoms with Gasteiger partial charge in [0.2, 0.25) is 0 Å². The molecule has 1 aromatic carbocycles. The molecule has 0 unspecified atom stereocenters. The Balaban J connectivity index is 2.12. The first-order chi connectivity index (χ1) is 9.51. The van der Waals surface area contributed by atoms with Gasteiger partial charge < -0.3 is 16.3 Å². The molecule has 0 fully saturated rings. The minimum absolute atomic E-state index is 0.0366. The highest BCUT2D eigenvalue weighted by molar-refractivity contribution is 6.31. The van der Waals surface area contributed by atoms with Crippen LogP contribution in [0.4, 0.5) is 5.69 Å². The molecule has 106 valence electrons. The van der Waals surface area contributed by atoms with E-state index in [4.69, 9.17) is 22.5 Å². The van der Waals surface area contributed by atoms with Crippen LogP contribution in [0, 0.1) is 6.92 Å². The molecule has 0 saturated carbocycles. The van der Waals surface area contributed by atoms with Gasteiger partial charge in [-0.1, -0.05) is 28.9 Å². The van der Waals surface area contributed by atoms with Crippen molar-refractivity contribution < 1.29 is 5.21 Å². The Morgan fingerprint density at radius 2 is 2.30 bits per heavy atom. The first-order valence-corrected chi connectivity index (χ1v) is 6.39. The molecule has 6 nitrogen and oxygen atoms in total. The Bertz CT molecular complexity index is 650. The van der Waals surface area contributed by atoms with Gasteiger partial charge in [0.05, 0.1) is 11.4 Å². The van der Waals surface area contributed by atoms with Crippen LogP contribution < -0.4 is 11.1 Å². The fourth-order valence-electron chi connectivity index (χ4n) is 1.87. The lowest BCUT2D eigenvalue weighted by atomic mass is 10.1. The molecule has 0 atom stereocenters. The van der Waals surface area contributed by atoms with Crippen molar-refractivity contribution in [3.63, 3.8) is 0 Å². The van der Waals surface area contributed by atoms with Crippen molar-refractivity contribution in [3.05, 3.63) is 46.2 Å². The lowest BCUT2D eigenvalue weighted by Crippen LogP contribution is -2.13. The van der Waals surface area contributed by atoms with Gasteiger partial charge in [-0.2, -0.15) is 5.10 Å². The number of aromatic nitrogens is 2. The number of nitrogens with two attached hydrogens (primary N) is 1. The highest BCUT2D eigenvalue weighted by Gasteiger charge is 2.07. The van der Waals surface area contributed by atoms with Gasteiger partial charge in [0.1, 0.15) is 0 Å². The summed E-state index contributed by atoms with van der Waals surface area (Å²) in [4.78, 5) is 0. The molecule has 0 aliphatic rings. The average molecular weight is 294 g/mol. The molecule has 0 bridgehead atoms.